The van der Waals surface area contributed by atoms with Crippen molar-refractivity contribution in [3.63, 3.8) is 0 Å². The van der Waals surface area contributed by atoms with E-state index in [1.807, 2.05) is 13.1 Å². The van der Waals surface area contributed by atoms with Gasteiger partial charge in [0.25, 0.3) is 0 Å². The van der Waals surface area contributed by atoms with E-state index < -0.39 is 0 Å². The fraction of sp³-hybridized carbons (Fsp3) is 0.500. The molecule has 0 radical (unpaired) electrons. The zero-order chi connectivity index (χ0) is 9.26. The van der Waals surface area contributed by atoms with Crippen LogP contribution in [0, 0.1) is 6.92 Å². The van der Waals surface area contributed by atoms with Crippen LogP contribution in [-0.4, -0.2) is 18.1 Å². The molecule has 1 aromatic rings. The Balaban J connectivity index is 2.32. The maximum atomic E-state index is 5.82. The lowest BCUT2D eigenvalue weighted by Crippen LogP contribution is -2.19. The summed E-state index contributed by atoms with van der Waals surface area (Å²) in [6.45, 7) is 4.29. The molecule has 0 bridgehead atoms. The summed E-state index contributed by atoms with van der Waals surface area (Å²) in [6, 6.07) is 2.12. The van der Waals surface area contributed by atoms with Gasteiger partial charge in [-0.25, -0.2) is 4.98 Å². The topological polar surface area (TPSA) is 42.1 Å². The number of hydrogen-bond donors (Lipinski definition) is 1. The molecule has 2 N–H and O–H groups in total. The fourth-order valence-corrected chi connectivity index (χ4v) is 1.78. The number of hydrogen-bond acceptors (Lipinski definition) is 3. The zero-order valence-corrected chi connectivity index (χ0v) is 7.95. The van der Waals surface area contributed by atoms with Crippen LogP contribution in [0.5, 0.6) is 0 Å². The van der Waals surface area contributed by atoms with Gasteiger partial charge in [-0.15, -0.1) is 0 Å². The van der Waals surface area contributed by atoms with Gasteiger partial charge < -0.3 is 10.6 Å². The summed E-state index contributed by atoms with van der Waals surface area (Å²) < 4.78 is 0. The van der Waals surface area contributed by atoms with Gasteiger partial charge in [-0.1, -0.05) is 0 Å². The van der Waals surface area contributed by atoms with Crippen LogP contribution in [-0.2, 0) is 0 Å². The van der Waals surface area contributed by atoms with E-state index in [0.29, 0.717) is 5.82 Å². The first kappa shape index (κ1) is 8.35. The normalized spacial score (nSPS) is 16.5. The van der Waals surface area contributed by atoms with Gasteiger partial charge in [-0.05, 0) is 31.4 Å². The van der Waals surface area contributed by atoms with Crippen LogP contribution in [0.3, 0.4) is 0 Å². The Morgan fingerprint density at radius 2 is 2.08 bits per heavy atom. The van der Waals surface area contributed by atoms with Crippen molar-refractivity contribution in [1.82, 2.24) is 4.98 Å². The fourth-order valence-electron chi connectivity index (χ4n) is 1.78. The molecule has 0 spiro atoms. The van der Waals surface area contributed by atoms with Crippen molar-refractivity contribution in [3.8, 4) is 0 Å². The summed E-state index contributed by atoms with van der Waals surface area (Å²) in [6.07, 6.45) is 4.36. The molecule has 3 nitrogen and oxygen atoms in total. The van der Waals surface area contributed by atoms with E-state index in [4.69, 9.17) is 5.73 Å². The van der Waals surface area contributed by atoms with Crippen molar-refractivity contribution < 1.29 is 0 Å². The molecular formula is C10H15N3. The molecule has 1 aliphatic heterocycles. The van der Waals surface area contributed by atoms with Gasteiger partial charge in [0.05, 0.1) is 5.69 Å². The highest BCUT2D eigenvalue weighted by atomic mass is 15.2. The lowest BCUT2D eigenvalue weighted by molar-refractivity contribution is 0.949. The Hall–Kier alpha value is -1.25. The van der Waals surface area contributed by atoms with E-state index >= 15 is 0 Å². The van der Waals surface area contributed by atoms with Gasteiger partial charge in [0.2, 0.25) is 0 Å². The SMILES string of the molecule is Cc1cnc(N)c(N2CCCC2)c1. The third kappa shape index (κ3) is 1.59. The molecule has 0 unspecified atom stereocenters. The van der Waals surface area contributed by atoms with Gasteiger partial charge in [-0.2, -0.15) is 0 Å². The Kier molecular flexibility index (Phi) is 2.08. The number of anilines is 2. The van der Waals surface area contributed by atoms with Crippen molar-refractivity contribution in [3.05, 3.63) is 17.8 Å². The zero-order valence-electron chi connectivity index (χ0n) is 7.95. The summed E-state index contributed by atoms with van der Waals surface area (Å²) in [4.78, 5) is 6.47. The van der Waals surface area contributed by atoms with Gasteiger partial charge in [0.1, 0.15) is 5.82 Å². The third-order valence-electron chi connectivity index (χ3n) is 2.48. The predicted molar refractivity (Wildman–Crippen MR) is 54.8 cm³/mol. The molecule has 13 heavy (non-hydrogen) atoms. The second-order valence-corrected chi connectivity index (χ2v) is 3.61. The van der Waals surface area contributed by atoms with Gasteiger partial charge in [0, 0.05) is 19.3 Å². The van der Waals surface area contributed by atoms with Crippen LogP contribution in [0.25, 0.3) is 0 Å². The van der Waals surface area contributed by atoms with Crippen molar-refractivity contribution in [1.29, 1.82) is 0 Å². The number of aromatic nitrogens is 1. The van der Waals surface area contributed by atoms with E-state index in [1.54, 1.807) is 0 Å². The Labute approximate surface area is 78.6 Å². The van der Waals surface area contributed by atoms with Crippen LogP contribution in [0.15, 0.2) is 12.3 Å². The first-order valence-corrected chi connectivity index (χ1v) is 4.74. The Morgan fingerprint density at radius 3 is 2.77 bits per heavy atom. The van der Waals surface area contributed by atoms with E-state index in [0.717, 1.165) is 18.8 Å². The number of nitrogens with two attached hydrogens (primary N) is 1. The minimum absolute atomic E-state index is 0.660. The lowest BCUT2D eigenvalue weighted by Gasteiger charge is -2.19. The molecule has 1 aliphatic rings. The molecule has 3 heteroatoms. The third-order valence-corrected chi connectivity index (χ3v) is 2.48. The summed E-state index contributed by atoms with van der Waals surface area (Å²) >= 11 is 0. The molecular weight excluding hydrogens is 162 g/mol. The number of nitrogens with zero attached hydrogens (tertiary/aromatic N) is 2. The molecule has 0 saturated carbocycles. The van der Waals surface area contributed by atoms with Crippen LogP contribution in [0.4, 0.5) is 11.5 Å². The minimum atomic E-state index is 0.660. The lowest BCUT2D eigenvalue weighted by atomic mass is 10.2. The van der Waals surface area contributed by atoms with Crippen LogP contribution < -0.4 is 10.6 Å². The van der Waals surface area contributed by atoms with Crippen LogP contribution in [0.1, 0.15) is 18.4 Å². The summed E-state index contributed by atoms with van der Waals surface area (Å²) in [5.41, 5.74) is 8.10. The predicted octanol–water partition coefficient (Wildman–Crippen LogP) is 1.57. The van der Waals surface area contributed by atoms with E-state index in [1.165, 1.54) is 18.4 Å². The van der Waals surface area contributed by atoms with Gasteiger partial charge in [0.15, 0.2) is 0 Å². The Morgan fingerprint density at radius 1 is 1.38 bits per heavy atom. The monoisotopic (exact) mass is 177 g/mol. The number of nitrogen functional groups attached to an aromatic ring is 1. The number of aryl methyl sites for hydroxylation is 1. The second-order valence-electron chi connectivity index (χ2n) is 3.61. The summed E-state index contributed by atoms with van der Waals surface area (Å²) in [5, 5.41) is 0. The van der Waals surface area contributed by atoms with E-state index in [-0.39, 0.29) is 0 Å². The molecule has 0 amide bonds. The average molecular weight is 177 g/mol. The maximum absolute atomic E-state index is 5.82. The summed E-state index contributed by atoms with van der Waals surface area (Å²) in [5.74, 6) is 0.660. The standard InChI is InChI=1S/C10H15N3/c1-8-6-9(10(11)12-7-8)13-4-2-3-5-13/h6-7H,2-5H2,1H3,(H2,11,12). The molecule has 1 aromatic heterocycles. The quantitative estimate of drug-likeness (QED) is 0.708. The highest BCUT2D eigenvalue weighted by Gasteiger charge is 2.15. The maximum Gasteiger partial charge on any atom is 0.146 e. The average Bonchev–Trinajstić information content (AvgIpc) is 2.61. The highest BCUT2D eigenvalue weighted by Crippen LogP contribution is 2.25. The highest BCUT2D eigenvalue weighted by molar-refractivity contribution is 5.64. The minimum Gasteiger partial charge on any atom is -0.382 e. The van der Waals surface area contributed by atoms with Crippen LogP contribution in [0.2, 0.25) is 0 Å². The first-order chi connectivity index (χ1) is 6.27. The molecule has 2 heterocycles. The molecule has 1 saturated heterocycles. The van der Waals surface area contributed by atoms with Crippen LogP contribution >= 0.6 is 0 Å². The van der Waals surface area contributed by atoms with E-state index in [9.17, 15) is 0 Å². The summed E-state index contributed by atoms with van der Waals surface area (Å²) in [7, 11) is 0. The number of pyridine rings is 1. The van der Waals surface area contributed by atoms with Crippen molar-refractivity contribution in [2.24, 2.45) is 0 Å². The Bertz CT molecular complexity index is 303. The smallest absolute Gasteiger partial charge is 0.146 e. The first-order valence-electron chi connectivity index (χ1n) is 4.74. The molecule has 1 fully saturated rings. The van der Waals surface area contributed by atoms with Crippen molar-refractivity contribution in [2.45, 2.75) is 19.8 Å². The number of rotatable bonds is 1. The molecule has 0 aliphatic carbocycles. The molecule has 2 rings (SSSR count). The molecule has 70 valence electrons. The molecule has 0 aromatic carbocycles. The molecule has 0 atom stereocenters. The van der Waals surface area contributed by atoms with Gasteiger partial charge in [-0.3, -0.25) is 0 Å². The van der Waals surface area contributed by atoms with Crippen molar-refractivity contribution >= 4 is 11.5 Å². The second kappa shape index (κ2) is 3.24. The van der Waals surface area contributed by atoms with E-state index in [2.05, 4.69) is 16.0 Å². The van der Waals surface area contributed by atoms with Gasteiger partial charge >= 0.3 is 0 Å². The van der Waals surface area contributed by atoms with Crippen molar-refractivity contribution in [2.75, 3.05) is 23.7 Å². The largest absolute Gasteiger partial charge is 0.382 e.